The average molecular weight is 279 g/mol. The van der Waals surface area contributed by atoms with Gasteiger partial charge < -0.3 is 10.3 Å². The predicted octanol–water partition coefficient (Wildman–Crippen LogP) is 2.10. The lowest BCUT2D eigenvalue weighted by Gasteiger charge is -2.23. The summed E-state index contributed by atoms with van der Waals surface area (Å²) in [6, 6.07) is 6.07. The minimum Gasteiger partial charge on any atom is -0.369 e. The molecule has 0 aromatic carbocycles. The number of amides is 1. The summed E-state index contributed by atoms with van der Waals surface area (Å²) in [4.78, 5) is 14.0. The molecule has 0 saturated carbocycles. The summed E-state index contributed by atoms with van der Waals surface area (Å²) in [5, 5.41) is 6.03. The summed E-state index contributed by atoms with van der Waals surface area (Å²) in [6.07, 6.45) is 0. The van der Waals surface area contributed by atoms with Gasteiger partial charge in [-0.05, 0) is 25.3 Å². The highest BCUT2D eigenvalue weighted by Gasteiger charge is 2.16. The van der Waals surface area contributed by atoms with E-state index in [9.17, 15) is 4.79 Å². The van der Waals surface area contributed by atoms with Crippen molar-refractivity contribution in [3.05, 3.63) is 29.3 Å². The number of thiophene rings is 1. The maximum absolute atomic E-state index is 11.0. The maximum Gasteiger partial charge on any atom is 0.231 e. The van der Waals surface area contributed by atoms with Crippen LogP contribution in [0.25, 0.3) is 10.6 Å². The summed E-state index contributed by atoms with van der Waals surface area (Å²) in [5.41, 5.74) is 6.05. The Morgan fingerprint density at radius 1 is 1.58 bits per heavy atom. The van der Waals surface area contributed by atoms with Crippen molar-refractivity contribution in [3.63, 3.8) is 0 Å². The summed E-state index contributed by atoms with van der Waals surface area (Å²) in [5.74, 6) is 0.420. The zero-order chi connectivity index (χ0) is 13.8. The molecule has 19 heavy (non-hydrogen) atoms. The van der Waals surface area contributed by atoms with Crippen molar-refractivity contribution in [1.82, 2.24) is 10.1 Å². The van der Waals surface area contributed by atoms with Crippen LogP contribution in [0.15, 0.2) is 28.1 Å². The van der Waals surface area contributed by atoms with Gasteiger partial charge in [0.15, 0.2) is 5.76 Å². The molecule has 0 unspecified atom stereocenters. The third kappa shape index (κ3) is 3.65. The smallest absolute Gasteiger partial charge is 0.231 e. The molecule has 0 aliphatic rings. The Labute approximate surface area is 116 Å². The van der Waals surface area contributed by atoms with Gasteiger partial charge >= 0.3 is 0 Å². The Morgan fingerprint density at radius 2 is 2.37 bits per heavy atom. The number of primary amides is 1. The van der Waals surface area contributed by atoms with E-state index in [0.29, 0.717) is 6.54 Å². The Morgan fingerprint density at radius 3 is 2.95 bits per heavy atom. The fourth-order valence-electron chi connectivity index (χ4n) is 1.75. The van der Waals surface area contributed by atoms with Crippen molar-refractivity contribution in [2.75, 3.05) is 6.54 Å². The molecule has 6 heteroatoms. The van der Waals surface area contributed by atoms with E-state index in [1.165, 1.54) is 0 Å². The van der Waals surface area contributed by atoms with Crippen molar-refractivity contribution in [3.8, 4) is 10.6 Å². The fraction of sp³-hybridized carbons (Fsp3) is 0.385. The Balaban J connectivity index is 2.08. The van der Waals surface area contributed by atoms with Gasteiger partial charge in [0.1, 0.15) is 0 Å². The first-order valence-corrected chi connectivity index (χ1v) is 6.96. The van der Waals surface area contributed by atoms with Crippen LogP contribution in [0, 0.1) is 0 Å². The molecule has 2 rings (SSSR count). The maximum atomic E-state index is 11.0. The van der Waals surface area contributed by atoms with Crippen molar-refractivity contribution >= 4 is 17.2 Å². The lowest BCUT2D eigenvalue weighted by molar-refractivity contribution is -0.119. The first kappa shape index (κ1) is 13.8. The number of hydrogen-bond donors (Lipinski definition) is 1. The van der Waals surface area contributed by atoms with Gasteiger partial charge in [-0.2, -0.15) is 0 Å². The van der Waals surface area contributed by atoms with E-state index in [1.807, 2.05) is 42.3 Å². The first-order chi connectivity index (χ1) is 9.06. The van der Waals surface area contributed by atoms with Gasteiger partial charge in [-0.1, -0.05) is 11.2 Å². The Bertz CT molecular complexity index is 534. The zero-order valence-corrected chi connectivity index (χ0v) is 11.8. The van der Waals surface area contributed by atoms with Crippen LogP contribution in [0.1, 0.15) is 19.5 Å². The summed E-state index contributed by atoms with van der Waals surface area (Å²) < 4.78 is 5.31. The van der Waals surface area contributed by atoms with Crippen LogP contribution in [0.4, 0.5) is 0 Å². The van der Waals surface area contributed by atoms with Gasteiger partial charge in [-0.25, -0.2) is 0 Å². The van der Waals surface area contributed by atoms with Gasteiger partial charge in [0, 0.05) is 18.7 Å². The third-order valence-corrected chi connectivity index (χ3v) is 3.66. The highest BCUT2D eigenvalue weighted by molar-refractivity contribution is 7.13. The Hall–Kier alpha value is -1.66. The minimum absolute atomic E-state index is 0.217. The van der Waals surface area contributed by atoms with Crippen molar-refractivity contribution in [2.45, 2.75) is 26.4 Å². The molecule has 0 saturated heterocycles. The van der Waals surface area contributed by atoms with Crippen molar-refractivity contribution < 1.29 is 9.32 Å². The molecular formula is C13H17N3O2S. The number of carbonyl (C=O) groups excluding carboxylic acids is 1. The van der Waals surface area contributed by atoms with Crippen LogP contribution >= 0.6 is 11.3 Å². The molecule has 2 aromatic heterocycles. The highest BCUT2D eigenvalue weighted by Crippen LogP contribution is 2.25. The predicted molar refractivity (Wildman–Crippen MR) is 74.6 cm³/mol. The molecule has 2 aromatic rings. The van der Waals surface area contributed by atoms with Crippen LogP contribution in [0.3, 0.4) is 0 Å². The minimum atomic E-state index is -0.337. The van der Waals surface area contributed by atoms with E-state index in [1.54, 1.807) is 11.3 Å². The van der Waals surface area contributed by atoms with E-state index in [-0.39, 0.29) is 18.5 Å². The largest absolute Gasteiger partial charge is 0.369 e. The number of nitrogens with two attached hydrogens (primary N) is 1. The molecule has 0 fully saturated rings. The lowest BCUT2D eigenvalue weighted by Crippen LogP contribution is -2.38. The molecule has 5 nitrogen and oxygen atoms in total. The number of aromatic nitrogens is 1. The molecule has 2 N–H and O–H groups in total. The van der Waals surface area contributed by atoms with Crippen LogP contribution in [-0.2, 0) is 11.3 Å². The number of carbonyl (C=O) groups is 1. The van der Waals surface area contributed by atoms with Crippen LogP contribution in [-0.4, -0.2) is 28.6 Å². The molecule has 0 spiro atoms. The molecule has 0 bridgehead atoms. The van der Waals surface area contributed by atoms with E-state index >= 15 is 0 Å². The molecule has 0 atom stereocenters. The molecule has 2 heterocycles. The summed E-state index contributed by atoms with van der Waals surface area (Å²) in [7, 11) is 0. The molecular weight excluding hydrogens is 262 g/mol. The summed E-state index contributed by atoms with van der Waals surface area (Å²) in [6.45, 7) is 4.81. The SMILES string of the molecule is CC(C)N(CC(N)=O)Cc1cc(-c2cccs2)on1. The van der Waals surface area contributed by atoms with E-state index in [2.05, 4.69) is 5.16 Å². The van der Waals surface area contributed by atoms with Gasteiger partial charge in [0.2, 0.25) is 5.91 Å². The lowest BCUT2D eigenvalue weighted by atomic mass is 10.2. The third-order valence-electron chi connectivity index (χ3n) is 2.78. The number of nitrogens with zero attached hydrogens (tertiary/aromatic N) is 2. The quantitative estimate of drug-likeness (QED) is 0.879. The normalized spacial score (nSPS) is 11.4. The number of hydrogen-bond acceptors (Lipinski definition) is 5. The first-order valence-electron chi connectivity index (χ1n) is 6.08. The zero-order valence-electron chi connectivity index (χ0n) is 11.0. The second-order valence-electron chi connectivity index (χ2n) is 4.62. The van der Waals surface area contributed by atoms with Crippen LogP contribution < -0.4 is 5.73 Å². The molecule has 0 aliphatic heterocycles. The topological polar surface area (TPSA) is 72.4 Å². The van der Waals surface area contributed by atoms with Gasteiger partial charge in [0.25, 0.3) is 0 Å². The monoisotopic (exact) mass is 279 g/mol. The van der Waals surface area contributed by atoms with E-state index < -0.39 is 0 Å². The molecule has 1 amide bonds. The van der Waals surface area contributed by atoms with Gasteiger partial charge in [0.05, 0.1) is 17.1 Å². The average Bonchev–Trinajstić information content (AvgIpc) is 2.97. The number of rotatable bonds is 6. The van der Waals surface area contributed by atoms with Crippen molar-refractivity contribution in [2.24, 2.45) is 5.73 Å². The van der Waals surface area contributed by atoms with Crippen LogP contribution in [0.2, 0.25) is 0 Å². The Kier molecular flexibility index (Phi) is 4.34. The second kappa shape index (κ2) is 5.99. The van der Waals surface area contributed by atoms with E-state index in [4.69, 9.17) is 10.3 Å². The standard InChI is InChI=1S/C13H17N3O2S/c1-9(2)16(8-13(14)17)7-10-6-11(18-15-10)12-4-3-5-19-12/h3-6,9H,7-8H2,1-2H3,(H2,14,17). The summed E-state index contributed by atoms with van der Waals surface area (Å²) >= 11 is 1.60. The molecule has 0 radical (unpaired) electrons. The van der Waals surface area contributed by atoms with Gasteiger partial charge in [-0.15, -0.1) is 11.3 Å². The molecule has 0 aliphatic carbocycles. The van der Waals surface area contributed by atoms with Crippen molar-refractivity contribution in [1.29, 1.82) is 0 Å². The second-order valence-corrected chi connectivity index (χ2v) is 5.57. The fourth-order valence-corrected chi connectivity index (χ4v) is 2.42. The highest BCUT2D eigenvalue weighted by atomic mass is 32.1. The van der Waals surface area contributed by atoms with Gasteiger partial charge in [-0.3, -0.25) is 9.69 Å². The molecule has 102 valence electrons. The van der Waals surface area contributed by atoms with E-state index in [0.717, 1.165) is 16.3 Å². The van der Waals surface area contributed by atoms with Crippen LogP contribution in [0.5, 0.6) is 0 Å².